The monoisotopic (exact) mass is 258 g/mol. The summed E-state index contributed by atoms with van der Waals surface area (Å²) in [5.41, 5.74) is 2.83. The molecule has 0 aliphatic rings. The SMILES string of the molecule is Cc1cn(C(C(=O)O)C(C)C)nc1-c1ccccc1. The van der Waals surface area contributed by atoms with Crippen molar-refractivity contribution in [3.63, 3.8) is 0 Å². The van der Waals surface area contributed by atoms with Gasteiger partial charge in [-0.05, 0) is 18.4 Å². The van der Waals surface area contributed by atoms with Crippen molar-refractivity contribution in [2.24, 2.45) is 5.92 Å². The number of aryl methyl sites for hydroxylation is 1. The third-order valence-electron chi connectivity index (χ3n) is 3.13. The standard InChI is InChI=1S/C15H18N2O2/c1-10(2)14(15(18)19)17-9-11(3)13(16-17)12-7-5-4-6-8-12/h4-10,14H,1-3H3,(H,18,19). The highest BCUT2D eigenvalue weighted by atomic mass is 16.4. The zero-order valence-electron chi connectivity index (χ0n) is 11.4. The molecule has 0 amide bonds. The molecule has 1 aromatic carbocycles. The smallest absolute Gasteiger partial charge is 0.328 e. The van der Waals surface area contributed by atoms with E-state index in [1.54, 1.807) is 10.9 Å². The number of rotatable bonds is 4. The van der Waals surface area contributed by atoms with E-state index in [9.17, 15) is 9.90 Å². The quantitative estimate of drug-likeness (QED) is 0.916. The zero-order valence-corrected chi connectivity index (χ0v) is 11.4. The predicted molar refractivity (Wildman–Crippen MR) is 73.9 cm³/mol. The van der Waals surface area contributed by atoms with Gasteiger partial charge in [-0.15, -0.1) is 0 Å². The maximum atomic E-state index is 11.3. The fraction of sp³-hybridized carbons (Fsp3) is 0.333. The average Bonchev–Trinajstić information content (AvgIpc) is 2.71. The van der Waals surface area contributed by atoms with E-state index in [0.29, 0.717) is 0 Å². The predicted octanol–water partition coefficient (Wildman–Crippen LogP) is 3.14. The number of nitrogens with zero attached hydrogens (tertiary/aromatic N) is 2. The van der Waals surface area contributed by atoms with Gasteiger partial charge in [0.1, 0.15) is 0 Å². The Morgan fingerprint density at radius 1 is 1.26 bits per heavy atom. The van der Waals surface area contributed by atoms with Gasteiger partial charge in [-0.2, -0.15) is 5.10 Å². The number of benzene rings is 1. The second kappa shape index (κ2) is 5.26. The fourth-order valence-corrected chi connectivity index (χ4v) is 2.21. The summed E-state index contributed by atoms with van der Waals surface area (Å²) in [5.74, 6) is -0.863. The van der Waals surface area contributed by atoms with Gasteiger partial charge in [0.05, 0.1) is 5.69 Å². The van der Waals surface area contributed by atoms with Gasteiger partial charge in [0.15, 0.2) is 6.04 Å². The topological polar surface area (TPSA) is 55.1 Å². The number of hydrogen-bond donors (Lipinski definition) is 1. The summed E-state index contributed by atoms with van der Waals surface area (Å²) in [7, 11) is 0. The molecule has 1 N–H and O–H groups in total. The highest BCUT2D eigenvalue weighted by molar-refractivity contribution is 5.72. The number of aliphatic carboxylic acids is 1. The normalized spacial score (nSPS) is 12.6. The molecule has 4 heteroatoms. The van der Waals surface area contributed by atoms with Crippen LogP contribution in [0, 0.1) is 12.8 Å². The largest absolute Gasteiger partial charge is 0.480 e. The lowest BCUT2D eigenvalue weighted by Crippen LogP contribution is -2.24. The Morgan fingerprint density at radius 2 is 1.89 bits per heavy atom. The molecule has 0 bridgehead atoms. The lowest BCUT2D eigenvalue weighted by atomic mass is 10.1. The molecule has 0 aliphatic heterocycles. The minimum Gasteiger partial charge on any atom is -0.480 e. The number of carboxylic acid groups (broad SMARTS) is 1. The molecule has 0 saturated heterocycles. The lowest BCUT2D eigenvalue weighted by molar-refractivity contribution is -0.142. The first-order chi connectivity index (χ1) is 9.00. The summed E-state index contributed by atoms with van der Waals surface area (Å²) in [4.78, 5) is 11.3. The van der Waals surface area contributed by atoms with Crippen molar-refractivity contribution in [3.8, 4) is 11.3 Å². The molecule has 2 aromatic rings. The Morgan fingerprint density at radius 3 is 2.42 bits per heavy atom. The Labute approximate surface area is 112 Å². The summed E-state index contributed by atoms with van der Waals surface area (Å²) in [6.07, 6.45) is 1.81. The highest BCUT2D eigenvalue weighted by Gasteiger charge is 2.25. The van der Waals surface area contributed by atoms with E-state index in [4.69, 9.17) is 0 Å². The van der Waals surface area contributed by atoms with Crippen molar-refractivity contribution in [2.45, 2.75) is 26.8 Å². The molecule has 1 atom stereocenters. The number of carboxylic acids is 1. The summed E-state index contributed by atoms with van der Waals surface area (Å²) in [5, 5.41) is 13.8. The molecule has 0 radical (unpaired) electrons. The van der Waals surface area contributed by atoms with Crippen molar-refractivity contribution in [1.29, 1.82) is 0 Å². The number of hydrogen-bond acceptors (Lipinski definition) is 2. The van der Waals surface area contributed by atoms with Crippen LogP contribution in [0.15, 0.2) is 36.5 Å². The molecule has 2 rings (SSSR count). The number of aromatic nitrogens is 2. The lowest BCUT2D eigenvalue weighted by Gasteiger charge is -2.16. The Bertz CT molecular complexity index is 573. The van der Waals surface area contributed by atoms with E-state index in [2.05, 4.69) is 5.10 Å². The molecule has 100 valence electrons. The first-order valence-electron chi connectivity index (χ1n) is 6.34. The summed E-state index contributed by atoms with van der Waals surface area (Å²) in [6, 6.07) is 9.17. The van der Waals surface area contributed by atoms with Crippen molar-refractivity contribution in [3.05, 3.63) is 42.1 Å². The molecule has 1 unspecified atom stereocenters. The molecule has 0 spiro atoms. The van der Waals surface area contributed by atoms with Crippen LogP contribution in [0.5, 0.6) is 0 Å². The van der Waals surface area contributed by atoms with Crippen LogP contribution in [0.25, 0.3) is 11.3 Å². The molecule has 4 nitrogen and oxygen atoms in total. The van der Waals surface area contributed by atoms with Gasteiger partial charge in [-0.25, -0.2) is 4.79 Å². The van der Waals surface area contributed by atoms with Gasteiger partial charge in [0, 0.05) is 11.8 Å². The van der Waals surface area contributed by atoms with Crippen molar-refractivity contribution < 1.29 is 9.90 Å². The molecular formula is C15H18N2O2. The molecule has 0 fully saturated rings. The van der Waals surface area contributed by atoms with Crippen molar-refractivity contribution in [2.75, 3.05) is 0 Å². The van der Waals surface area contributed by atoms with Crippen LogP contribution in [-0.2, 0) is 4.79 Å². The summed E-state index contributed by atoms with van der Waals surface area (Å²) in [6.45, 7) is 5.72. The van der Waals surface area contributed by atoms with Crippen LogP contribution in [0.2, 0.25) is 0 Å². The van der Waals surface area contributed by atoms with Gasteiger partial charge < -0.3 is 5.11 Å². The maximum absolute atomic E-state index is 11.3. The maximum Gasteiger partial charge on any atom is 0.328 e. The Balaban J connectivity index is 2.44. The van der Waals surface area contributed by atoms with Gasteiger partial charge in [0.25, 0.3) is 0 Å². The highest BCUT2D eigenvalue weighted by Crippen LogP contribution is 2.25. The van der Waals surface area contributed by atoms with E-state index < -0.39 is 12.0 Å². The van der Waals surface area contributed by atoms with Gasteiger partial charge in [-0.1, -0.05) is 44.2 Å². The first kappa shape index (κ1) is 13.3. The summed E-state index contributed by atoms with van der Waals surface area (Å²) < 4.78 is 1.56. The van der Waals surface area contributed by atoms with Gasteiger partial charge in [-0.3, -0.25) is 4.68 Å². The fourth-order valence-electron chi connectivity index (χ4n) is 2.21. The Hall–Kier alpha value is -2.10. The van der Waals surface area contributed by atoms with E-state index in [0.717, 1.165) is 16.8 Å². The molecule has 0 saturated carbocycles. The summed E-state index contributed by atoms with van der Waals surface area (Å²) >= 11 is 0. The second-order valence-electron chi connectivity index (χ2n) is 5.03. The molecular weight excluding hydrogens is 240 g/mol. The van der Waals surface area contributed by atoms with Gasteiger partial charge in [0.2, 0.25) is 0 Å². The second-order valence-corrected chi connectivity index (χ2v) is 5.03. The van der Waals surface area contributed by atoms with Crippen molar-refractivity contribution in [1.82, 2.24) is 9.78 Å². The van der Waals surface area contributed by atoms with E-state index in [1.807, 2.05) is 51.1 Å². The van der Waals surface area contributed by atoms with Gasteiger partial charge >= 0.3 is 5.97 Å². The molecule has 1 aromatic heterocycles. The minimum atomic E-state index is -0.850. The van der Waals surface area contributed by atoms with E-state index in [1.165, 1.54) is 0 Å². The van der Waals surface area contributed by atoms with Crippen LogP contribution < -0.4 is 0 Å². The van der Waals surface area contributed by atoms with Crippen LogP contribution in [0.1, 0.15) is 25.5 Å². The number of carbonyl (C=O) groups is 1. The molecule has 0 aliphatic carbocycles. The zero-order chi connectivity index (χ0) is 14.0. The van der Waals surface area contributed by atoms with Crippen LogP contribution in [-0.4, -0.2) is 20.9 Å². The molecule has 19 heavy (non-hydrogen) atoms. The Kier molecular flexibility index (Phi) is 3.69. The first-order valence-corrected chi connectivity index (χ1v) is 6.34. The third-order valence-corrected chi connectivity index (χ3v) is 3.13. The van der Waals surface area contributed by atoms with Crippen molar-refractivity contribution >= 4 is 5.97 Å². The van der Waals surface area contributed by atoms with Crippen LogP contribution in [0.3, 0.4) is 0 Å². The van der Waals surface area contributed by atoms with Crippen LogP contribution >= 0.6 is 0 Å². The third kappa shape index (κ3) is 2.67. The average molecular weight is 258 g/mol. The van der Waals surface area contributed by atoms with E-state index in [-0.39, 0.29) is 5.92 Å². The minimum absolute atomic E-state index is 0.0135. The molecule has 1 heterocycles. The van der Waals surface area contributed by atoms with Crippen LogP contribution in [0.4, 0.5) is 0 Å². The van der Waals surface area contributed by atoms with E-state index >= 15 is 0 Å².